The van der Waals surface area contributed by atoms with E-state index in [1.165, 1.54) is 0 Å². The molecule has 0 aromatic carbocycles. The number of hydrogen-bond acceptors (Lipinski definition) is 3. The van der Waals surface area contributed by atoms with Gasteiger partial charge in [-0.3, -0.25) is 4.79 Å². The zero-order chi connectivity index (χ0) is 7.68. The average molecular weight is 173 g/mol. The van der Waals surface area contributed by atoms with E-state index in [9.17, 15) is 4.79 Å². The van der Waals surface area contributed by atoms with Crippen LogP contribution in [0.3, 0.4) is 0 Å². The van der Waals surface area contributed by atoms with E-state index < -0.39 is 0 Å². The Balaban J connectivity index is 1.83. The third kappa shape index (κ3) is 1.87. The van der Waals surface area contributed by atoms with Crippen LogP contribution in [0.25, 0.3) is 0 Å². The Morgan fingerprint density at radius 2 is 2.55 bits per heavy atom. The van der Waals surface area contributed by atoms with Crippen molar-refractivity contribution >= 4 is 17.7 Å². The fraction of sp³-hybridized carbons (Fsp3) is 0.857. The zero-order valence-electron chi connectivity index (χ0n) is 6.28. The molecule has 4 heteroatoms. The van der Waals surface area contributed by atoms with Crippen LogP contribution in [0.1, 0.15) is 0 Å². The first-order valence-electron chi connectivity index (χ1n) is 3.83. The lowest BCUT2D eigenvalue weighted by molar-refractivity contribution is -0.128. The lowest BCUT2D eigenvalue weighted by Crippen LogP contribution is -2.40. The molecule has 0 bridgehead atoms. The van der Waals surface area contributed by atoms with Crippen LogP contribution in [0.15, 0.2) is 0 Å². The summed E-state index contributed by atoms with van der Waals surface area (Å²) in [4.78, 5) is 13.1. The Morgan fingerprint density at radius 1 is 1.73 bits per heavy atom. The summed E-state index contributed by atoms with van der Waals surface area (Å²) in [5.74, 6) is 2.02. The van der Waals surface area contributed by atoms with Crippen molar-refractivity contribution in [2.24, 2.45) is 0 Å². The average Bonchev–Trinajstić information content (AvgIpc) is 2.78. The van der Waals surface area contributed by atoms with Crippen molar-refractivity contribution in [2.75, 3.05) is 31.2 Å². The molecule has 11 heavy (non-hydrogen) atoms. The van der Waals surface area contributed by atoms with Gasteiger partial charge in [-0.1, -0.05) is 0 Å². The Bertz CT molecular complexity index is 170. The minimum atomic E-state index is 0.275. The number of rotatable bonds is 2. The largest absolute Gasteiger partial charge is 0.371 e. The molecular weight excluding hydrogens is 162 g/mol. The second-order valence-corrected chi connectivity index (χ2v) is 3.95. The van der Waals surface area contributed by atoms with Gasteiger partial charge in [0.2, 0.25) is 5.91 Å². The van der Waals surface area contributed by atoms with Crippen LogP contribution in [0.5, 0.6) is 0 Å². The Kier molecular flexibility index (Phi) is 2.05. The lowest BCUT2D eigenvalue weighted by atomic mass is 10.4. The smallest absolute Gasteiger partial charge is 0.232 e. The van der Waals surface area contributed by atoms with E-state index in [2.05, 4.69) is 0 Å². The molecule has 3 nitrogen and oxygen atoms in total. The quantitative estimate of drug-likeness (QED) is 0.549. The third-order valence-electron chi connectivity index (χ3n) is 1.91. The molecule has 0 aliphatic carbocycles. The van der Waals surface area contributed by atoms with Gasteiger partial charge in [0.05, 0.1) is 18.5 Å². The maximum Gasteiger partial charge on any atom is 0.232 e. The highest BCUT2D eigenvalue weighted by molar-refractivity contribution is 8.00. The number of thioether (sulfide) groups is 1. The van der Waals surface area contributed by atoms with Crippen molar-refractivity contribution in [1.82, 2.24) is 4.90 Å². The van der Waals surface area contributed by atoms with E-state index >= 15 is 0 Å². The van der Waals surface area contributed by atoms with Crippen LogP contribution >= 0.6 is 11.8 Å². The molecule has 2 fully saturated rings. The zero-order valence-corrected chi connectivity index (χ0v) is 7.10. The van der Waals surface area contributed by atoms with Crippen LogP contribution < -0.4 is 0 Å². The third-order valence-corrected chi connectivity index (χ3v) is 2.83. The number of nitrogens with zero attached hydrogens (tertiary/aromatic N) is 1. The van der Waals surface area contributed by atoms with Crippen LogP contribution in [-0.4, -0.2) is 48.1 Å². The molecule has 1 amide bonds. The van der Waals surface area contributed by atoms with Gasteiger partial charge in [-0.05, 0) is 0 Å². The van der Waals surface area contributed by atoms with Crippen LogP contribution in [0, 0.1) is 0 Å². The maximum atomic E-state index is 11.2. The van der Waals surface area contributed by atoms with Gasteiger partial charge in [-0.15, -0.1) is 0 Å². The van der Waals surface area contributed by atoms with E-state index in [1.807, 2.05) is 4.90 Å². The van der Waals surface area contributed by atoms with Crippen molar-refractivity contribution in [2.45, 2.75) is 6.10 Å². The highest BCUT2D eigenvalue weighted by Gasteiger charge is 2.28. The molecule has 0 aromatic heterocycles. The van der Waals surface area contributed by atoms with Crippen molar-refractivity contribution in [3.05, 3.63) is 0 Å². The van der Waals surface area contributed by atoms with Crippen LogP contribution in [0.4, 0.5) is 0 Å². The fourth-order valence-corrected chi connectivity index (χ4v) is 2.01. The van der Waals surface area contributed by atoms with Crippen molar-refractivity contribution in [3.8, 4) is 0 Å². The summed E-state index contributed by atoms with van der Waals surface area (Å²) in [7, 11) is 0. The van der Waals surface area contributed by atoms with Gasteiger partial charge in [0, 0.05) is 18.8 Å². The van der Waals surface area contributed by atoms with Gasteiger partial charge in [0.1, 0.15) is 0 Å². The monoisotopic (exact) mass is 173 g/mol. The standard InChI is InChI=1S/C7H11NO2S/c9-7-5-11-2-1-8(7)3-6-4-10-6/h6H,1-5H2. The number of carbonyl (C=O) groups is 1. The highest BCUT2D eigenvalue weighted by Crippen LogP contribution is 2.15. The molecule has 0 radical (unpaired) electrons. The summed E-state index contributed by atoms with van der Waals surface area (Å²) in [6.07, 6.45) is 0.349. The van der Waals surface area contributed by atoms with E-state index in [4.69, 9.17) is 4.74 Å². The Hall–Kier alpha value is -0.220. The van der Waals surface area contributed by atoms with Crippen molar-refractivity contribution in [3.63, 3.8) is 0 Å². The lowest BCUT2D eigenvalue weighted by Gasteiger charge is -2.25. The van der Waals surface area contributed by atoms with E-state index in [1.54, 1.807) is 11.8 Å². The summed E-state index contributed by atoms with van der Waals surface area (Å²) in [5.41, 5.74) is 0. The normalized spacial score (nSPS) is 30.7. The van der Waals surface area contributed by atoms with Gasteiger partial charge in [0.15, 0.2) is 0 Å². The predicted octanol–water partition coefficient (Wildman–Crippen LogP) is -0.0394. The topological polar surface area (TPSA) is 32.8 Å². The first-order valence-corrected chi connectivity index (χ1v) is 4.99. The van der Waals surface area contributed by atoms with Gasteiger partial charge in [-0.25, -0.2) is 0 Å². The van der Waals surface area contributed by atoms with Crippen molar-refractivity contribution < 1.29 is 9.53 Å². The minimum absolute atomic E-state index is 0.275. The molecule has 0 saturated carbocycles. The number of carbonyl (C=O) groups excluding carboxylic acids is 1. The Labute approximate surface area is 70.1 Å². The Morgan fingerprint density at radius 3 is 3.18 bits per heavy atom. The molecule has 62 valence electrons. The predicted molar refractivity (Wildman–Crippen MR) is 43.6 cm³/mol. The first kappa shape index (κ1) is 7.43. The van der Waals surface area contributed by atoms with Gasteiger partial charge in [-0.2, -0.15) is 11.8 Å². The summed E-state index contributed by atoms with van der Waals surface area (Å²) >= 11 is 1.72. The number of hydrogen-bond donors (Lipinski definition) is 0. The molecule has 0 aromatic rings. The number of epoxide rings is 1. The molecule has 1 unspecified atom stereocenters. The minimum Gasteiger partial charge on any atom is -0.371 e. The number of amides is 1. The molecule has 2 rings (SSSR count). The number of ether oxygens (including phenoxy) is 1. The fourth-order valence-electron chi connectivity index (χ4n) is 1.16. The highest BCUT2D eigenvalue weighted by atomic mass is 32.2. The van der Waals surface area contributed by atoms with Crippen LogP contribution in [0.2, 0.25) is 0 Å². The first-order chi connectivity index (χ1) is 5.36. The molecule has 0 spiro atoms. The summed E-state index contributed by atoms with van der Waals surface area (Å²) in [6.45, 7) is 2.57. The van der Waals surface area contributed by atoms with Crippen molar-refractivity contribution in [1.29, 1.82) is 0 Å². The van der Waals surface area contributed by atoms with E-state index in [0.717, 1.165) is 25.4 Å². The summed E-state index contributed by atoms with van der Waals surface area (Å²) in [6, 6.07) is 0. The molecule has 1 atom stereocenters. The van der Waals surface area contributed by atoms with Gasteiger partial charge >= 0.3 is 0 Å². The molecule has 2 aliphatic rings. The molecule has 0 N–H and O–H groups in total. The molecule has 2 heterocycles. The summed E-state index contributed by atoms with van der Waals surface area (Å²) < 4.78 is 5.06. The van der Waals surface area contributed by atoms with E-state index in [0.29, 0.717) is 11.9 Å². The second kappa shape index (κ2) is 3.03. The molecular formula is C7H11NO2S. The van der Waals surface area contributed by atoms with Crippen LogP contribution in [-0.2, 0) is 9.53 Å². The molecule has 2 aliphatic heterocycles. The summed E-state index contributed by atoms with van der Waals surface area (Å²) in [5, 5.41) is 0. The van der Waals surface area contributed by atoms with Gasteiger partial charge < -0.3 is 9.64 Å². The molecule has 2 saturated heterocycles. The van der Waals surface area contributed by atoms with Gasteiger partial charge in [0.25, 0.3) is 0 Å². The van der Waals surface area contributed by atoms with E-state index in [-0.39, 0.29) is 5.91 Å². The maximum absolute atomic E-state index is 11.2. The SMILES string of the molecule is O=C1CSCCN1CC1CO1. The second-order valence-electron chi connectivity index (χ2n) is 2.85.